The molecule has 0 heterocycles. The Morgan fingerprint density at radius 2 is 2.19 bits per heavy atom. The highest BCUT2D eigenvalue weighted by molar-refractivity contribution is 7.92. The van der Waals surface area contributed by atoms with Gasteiger partial charge in [-0.25, -0.2) is 8.42 Å². The summed E-state index contributed by atoms with van der Waals surface area (Å²) in [7, 11) is -3.22. The lowest BCUT2D eigenvalue weighted by atomic mass is 10.1. The maximum Gasteiger partial charge on any atom is 0.155 e. The molecule has 1 aromatic rings. The summed E-state index contributed by atoms with van der Waals surface area (Å²) in [6.07, 6.45) is 0. The van der Waals surface area contributed by atoms with Crippen molar-refractivity contribution in [3.05, 3.63) is 29.8 Å². The quantitative estimate of drug-likeness (QED) is 0.355. The number of rotatable bonds is 4. The normalized spacial score (nSPS) is 12.7. The number of hydrogen-bond acceptors (Lipinski definition) is 5. The van der Waals surface area contributed by atoms with Crippen LogP contribution in [0.1, 0.15) is 12.5 Å². The molecule has 0 aromatic heterocycles. The predicted molar refractivity (Wildman–Crippen MR) is 63.5 cm³/mol. The zero-order chi connectivity index (χ0) is 12.2. The van der Waals surface area contributed by atoms with Crippen LogP contribution in [-0.4, -0.2) is 30.8 Å². The summed E-state index contributed by atoms with van der Waals surface area (Å²) in [4.78, 5) is 0. The molecule has 0 amide bonds. The van der Waals surface area contributed by atoms with Gasteiger partial charge in [-0.3, -0.25) is 0 Å². The van der Waals surface area contributed by atoms with Crippen LogP contribution in [0.4, 0.5) is 5.69 Å². The van der Waals surface area contributed by atoms with Crippen molar-refractivity contribution < 1.29 is 13.6 Å². The van der Waals surface area contributed by atoms with Crippen molar-refractivity contribution in [3.8, 4) is 0 Å². The minimum absolute atomic E-state index is 0.00827. The molecular weight excluding hydrogens is 228 g/mol. The molecule has 0 aliphatic heterocycles. The number of anilines is 1. The smallest absolute Gasteiger partial charge is 0.155 e. The SMILES string of the molecule is CCS(=O)(=O)C/C(=N/O)c1cccc(N)c1. The average Bonchev–Trinajstić information content (AvgIpc) is 2.26. The molecule has 1 aromatic carbocycles. The number of nitrogen functional groups attached to an aromatic ring is 1. The van der Waals surface area contributed by atoms with Gasteiger partial charge in [0, 0.05) is 17.0 Å². The van der Waals surface area contributed by atoms with E-state index < -0.39 is 9.84 Å². The molecule has 0 aliphatic carbocycles. The maximum absolute atomic E-state index is 11.4. The van der Waals surface area contributed by atoms with E-state index in [9.17, 15) is 8.42 Å². The Bertz CT molecular complexity index is 495. The van der Waals surface area contributed by atoms with Crippen molar-refractivity contribution in [2.24, 2.45) is 5.16 Å². The summed E-state index contributed by atoms with van der Waals surface area (Å²) in [6, 6.07) is 6.57. The Hall–Kier alpha value is -1.56. The number of nitrogens with zero attached hydrogens (tertiary/aromatic N) is 1. The largest absolute Gasteiger partial charge is 0.411 e. The van der Waals surface area contributed by atoms with Crippen LogP contribution in [0.25, 0.3) is 0 Å². The summed E-state index contributed by atoms with van der Waals surface area (Å²) in [5, 5.41) is 11.8. The zero-order valence-corrected chi connectivity index (χ0v) is 9.74. The molecule has 0 spiro atoms. The molecule has 0 aliphatic rings. The zero-order valence-electron chi connectivity index (χ0n) is 8.92. The van der Waals surface area contributed by atoms with Crippen LogP contribution in [0.2, 0.25) is 0 Å². The van der Waals surface area contributed by atoms with Crippen LogP contribution in [0.3, 0.4) is 0 Å². The van der Waals surface area contributed by atoms with Crippen molar-refractivity contribution >= 4 is 21.2 Å². The topological polar surface area (TPSA) is 92.8 Å². The summed E-state index contributed by atoms with van der Waals surface area (Å²) < 4.78 is 22.8. The molecular formula is C10H14N2O3S. The Morgan fingerprint density at radius 1 is 1.50 bits per heavy atom. The van der Waals surface area contributed by atoms with Gasteiger partial charge in [0.2, 0.25) is 0 Å². The first-order chi connectivity index (χ1) is 7.48. The number of sulfone groups is 1. The Balaban J connectivity index is 3.02. The Labute approximate surface area is 94.5 Å². The number of hydrogen-bond donors (Lipinski definition) is 2. The van der Waals surface area contributed by atoms with Crippen LogP contribution in [0, 0.1) is 0 Å². The van der Waals surface area contributed by atoms with E-state index in [4.69, 9.17) is 10.9 Å². The summed E-state index contributed by atoms with van der Waals surface area (Å²) in [5.41, 5.74) is 6.67. The lowest BCUT2D eigenvalue weighted by Gasteiger charge is -2.05. The molecule has 0 saturated carbocycles. The van der Waals surface area contributed by atoms with Gasteiger partial charge in [0.05, 0.1) is 5.75 Å². The van der Waals surface area contributed by atoms with Crippen LogP contribution < -0.4 is 5.73 Å². The molecule has 0 bridgehead atoms. The van der Waals surface area contributed by atoms with Gasteiger partial charge < -0.3 is 10.9 Å². The van der Waals surface area contributed by atoms with E-state index in [1.165, 1.54) is 0 Å². The van der Waals surface area contributed by atoms with E-state index >= 15 is 0 Å². The second-order valence-corrected chi connectivity index (χ2v) is 5.70. The molecule has 88 valence electrons. The third-order valence-electron chi connectivity index (χ3n) is 2.14. The predicted octanol–water partition coefficient (Wildman–Crippen LogP) is 0.882. The highest BCUT2D eigenvalue weighted by Gasteiger charge is 2.15. The van der Waals surface area contributed by atoms with Crippen LogP contribution >= 0.6 is 0 Å². The van der Waals surface area contributed by atoms with Crippen LogP contribution in [-0.2, 0) is 9.84 Å². The first-order valence-corrected chi connectivity index (χ1v) is 6.58. The second-order valence-electron chi connectivity index (χ2n) is 3.35. The standard InChI is InChI=1S/C10H14N2O3S/c1-2-16(14,15)7-10(12-13)8-4-3-5-9(11)6-8/h3-6,13H,2,7,11H2,1H3/b12-10-. The average molecular weight is 242 g/mol. The molecule has 0 saturated heterocycles. The van der Waals surface area contributed by atoms with Crippen LogP contribution in [0.15, 0.2) is 29.4 Å². The fraction of sp³-hybridized carbons (Fsp3) is 0.300. The molecule has 3 N–H and O–H groups in total. The minimum Gasteiger partial charge on any atom is -0.411 e. The van der Waals surface area contributed by atoms with Gasteiger partial charge in [-0.05, 0) is 12.1 Å². The van der Waals surface area contributed by atoms with Crippen molar-refractivity contribution in [2.75, 3.05) is 17.2 Å². The highest BCUT2D eigenvalue weighted by atomic mass is 32.2. The highest BCUT2D eigenvalue weighted by Crippen LogP contribution is 2.09. The van der Waals surface area contributed by atoms with E-state index in [0.717, 1.165) is 0 Å². The van der Waals surface area contributed by atoms with Crippen molar-refractivity contribution in [1.82, 2.24) is 0 Å². The Morgan fingerprint density at radius 3 is 2.69 bits per heavy atom. The lowest BCUT2D eigenvalue weighted by Crippen LogP contribution is -2.18. The van der Waals surface area contributed by atoms with Crippen molar-refractivity contribution in [3.63, 3.8) is 0 Å². The van der Waals surface area contributed by atoms with E-state index in [2.05, 4.69) is 5.16 Å². The first kappa shape index (κ1) is 12.5. The molecule has 0 radical (unpaired) electrons. The van der Waals surface area contributed by atoms with E-state index in [1.807, 2.05) is 0 Å². The third-order valence-corrected chi connectivity index (χ3v) is 3.73. The summed E-state index contributed by atoms with van der Waals surface area (Å²) in [6.45, 7) is 1.55. The Kier molecular flexibility index (Phi) is 3.89. The van der Waals surface area contributed by atoms with Gasteiger partial charge >= 0.3 is 0 Å². The van der Waals surface area contributed by atoms with Gasteiger partial charge in [0.1, 0.15) is 5.71 Å². The third kappa shape index (κ3) is 3.23. The van der Waals surface area contributed by atoms with Crippen molar-refractivity contribution in [1.29, 1.82) is 0 Å². The van der Waals surface area contributed by atoms with E-state index in [0.29, 0.717) is 11.3 Å². The molecule has 16 heavy (non-hydrogen) atoms. The monoisotopic (exact) mass is 242 g/mol. The minimum atomic E-state index is -3.22. The number of oxime groups is 1. The van der Waals surface area contributed by atoms with Gasteiger partial charge in [0.15, 0.2) is 9.84 Å². The lowest BCUT2D eigenvalue weighted by molar-refractivity contribution is 0.319. The molecule has 0 fully saturated rings. The van der Waals surface area contributed by atoms with Gasteiger partial charge in [-0.2, -0.15) is 0 Å². The fourth-order valence-corrected chi connectivity index (χ4v) is 2.04. The van der Waals surface area contributed by atoms with Crippen molar-refractivity contribution in [2.45, 2.75) is 6.92 Å². The molecule has 6 heteroatoms. The summed E-state index contributed by atoms with van der Waals surface area (Å²) >= 11 is 0. The molecule has 5 nitrogen and oxygen atoms in total. The molecule has 0 atom stereocenters. The number of nitrogens with two attached hydrogens (primary N) is 1. The van der Waals surface area contributed by atoms with E-state index in [1.54, 1.807) is 31.2 Å². The fourth-order valence-electron chi connectivity index (χ4n) is 1.20. The molecule has 0 unspecified atom stereocenters. The number of benzene rings is 1. The maximum atomic E-state index is 11.4. The van der Waals surface area contributed by atoms with Crippen LogP contribution in [0.5, 0.6) is 0 Å². The molecule has 1 rings (SSSR count). The van der Waals surface area contributed by atoms with E-state index in [-0.39, 0.29) is 17.2 Å². The summed E-state index contributed by atoms with van der Waals surface area (Å²) in [5.74, 6) is -0.280. The first-order valence-electron chi connectivity index (χ1n) is 4.75. The van der Waals surface area contributed by atoms with Gasteiger partial charge in [-0.15, -0.1) is 0 Å². The van der Waals surface area contributed by atoms with Gasteiger partial charge in [-0.1, -0.05) is 24.2 Å². The van der Waals surface area contributed by atoms with Gasteiger partial charge in [0.25, 0.3) is 0 Å². The second kappa shape index (κ2) is 4.98.